The highest BCUT2D eigenvalue weighted by Crippen LogP contribution is 2.24. The van der Waals surface area contributed by atoms with Crippen LogP contribution in [0.4, 0.5) is 5.69 Å². The van der Waals surface area contributed by atoms with Gasteiger partial charge in [0.25, 0.3) is 5.91 Å². The zero-order valence-electron chi connectivity index (χ0n) is 10.2. The number of nitrogens with one attached hydrogen (secondary N) is 1. The molecule has 0 aromatic heterocycles. The van der Waals surface area contributed by atoms with Crippen LogP contribution in [0.3, 0.4) is 0 Å². The number of benzene rings is 2. The Labute approximate surface area is 131 Å². The van der Waals surface area contributed by atoms with Crippen LogP contribution in [-0.4, -0.2) is 12.5 Å². The Bertz CT molecular complexity index is 594. The summed E-state index contributed by atoms with van der Waals surface area (Å²) in [5.41, 5.74) is 0.645. The predicted molar refractivity (Wildman–Crippen MR) is 82.0 cm³/mol. The summed E-state index contributed by atoms with van der Waals surface area (Å²) in [5, 5.41) is 4.18. The van der Waals surface area contributed by atoms with Crippen LogP contribution in [0.2, 0.25) is 15.1 Å². The summed E-state index contributed by atoms with van der Waals surface area (Å²) >= 11 is 17.4. The summed E-state index contributed by atoms with van der Waals surface area (Å²) in [7, 11) is 0. The van der Waals surface area contributed by atoms with Crippen LogP contribution >= 0.6 is 34.8 Å². The number of hydrogen-bond acceptors (Lipinski definition) is 2. The lowest BCUT2D eigenvalue weighted by Crippen LogP contribution is -2.20. The molecule has 0 spiro atoms. The molecule has 0 fully saturated rings. The zero-order valence-corrected chi connectivity index (χ0v) is 12.5. The number of carbonyl (C=O) groups is 1. The van der Waals surface area contributed by atoms with Gasteiger partial charge in [0, 0.05) is 20.8 Å². The molecule has 0 radical (unpaired) electrons. The highest BCUT2D eigenvalue weighted by Gasteiger charge is 2.05. The highest BCUT2D eigenvalue weighted by molar-refractivity contribution is 6.34. The Kier molecular flexibility index (Phi) is 5.12. The number of anilines is 1. The number of halogens is 3. The molecule has 0 heterocycles. The van der Waals surface area contributed by atoms with Crippen molar-refractivity contribution in [2.75, 3.05) is 11.9 Å². The van der Waals surface area contributed by atoms with E-state index in [0.717, 1.165) is 0 Å². The molecular weight excluding hydrogens is 321 g/mol. The molecule has 3 nitrogen and oxygen atoms in total. The van der Waals surface area contributed by atoms with Crippen molar-refractivity contribution in [2.45, 2.75) is 0 Å². The van der Waals surface area contributed by atoms with Crippen molar-refractivity contribution in [3.05, 3.63) is 57.5 Å². The first kappa shape index (κ1) is 15.0. The van der Waals surface area contributed by atoms with E-state index in [0.29, 0.717) is 26.5 Å². The van der Waals surface area contributed by atoms with Crippen LogP contribution in [0.25, 0.3) is 0 Å². The minimum atomic E-state index is -0.288. The molecule has 6 heteroatoms. The topological polar surface area (TPSA) is 38.3 Å². The average molecular weight is 331 g/mol. The molecule has 2 aromatic rings. The van der Waals surface area contributed by atoms with Crippen LogP contribution in [0, 0.1) is 0 Å². The average Bonchev–Trinajstić information content (AvgIpc) is 2.38. The van der Waals surface area contributed by atoms with Crippen LogP contribution < -0.4 is 10.1 Å². The quantitative estimate of drug-likeness (QED) is 0.885. The fraction of sp³-hybridized carbons (Fsp3) is 0.0714. The molecule has 2 rings (SSSR count). The largest absolute Gasteiger partial charge is 0.484 e. The summed E-state index contributed by atoms with van der Waals surface area (Å²) in [6.07, 6.45) is 0. The lowest BCUT2D eigenvalue weighted by molar-refractivity contribution is -0.118. The smallest absolute Gasteiger partial charge is 0.262 e. The molecule has 0 aliphatic heterocycles. The second-order valence-electron chi connectivity index (χ2n) is 3.95. The number of ether oxygens (including phenoxy) is 1. The fourth-order valence-electron chi connectivity index (χ4n) is 1.49. The minimum absolute atomic E-state index is 0.140. The third-order valence-corrected chi connectivity index (χ3v) is 3.02. The van der Waals surface area contributed by atoms with Gasteiger partial charge in [0.1, 0.15) is 5.75 Å². The lowest BCUT2D eigenvalue weighted by atomic mass is 10.3. The summed E-state index contributed by atoms with van der Waals surface area (Å²) in [5.74, 6) is 0.150. The Morgan fingerprint density at radius 3 is 2.15 bits per heavy atom. The molecule has 0 aliphatic rings. The number of amides is 1. The Morgan fingerprint density at radius 2 is 1.55 bits per heavy atom. The third kappa shape index (κ3) is 4.60. The summed E-state index contributed by atoms with van der Waals surface area (Å²) in [4.78, 5) is 11.7. The predicted octanol–water partition coefficient (Wildman–Crippen LogP) is 4.66. The van der Waals surface area contributed by atoms with Crippen molar-refractivity contribution in [2.24, 2.45) is 0 Å². The first-order valence-electron chi connectivity index (χ1n) is 5.67. The molecule has 104 valence electrons. The molecular formula is C14H10Cl3NO2. The standard InChI is InChI=1S/C14H10Cl3NO2/c15-9-1-3-12(4-2-9)18-14(19)8-20-13-6-10(16)5-11(17)7-13/h1-7H,8H2,(H,18,19). The van der Waals surface area contributed by atoms with Crippen LogP contribution in [0.5, 0.6) is 5.75 Å². The Balaban J connectivity index is 1.90. The highest BCUT2D eigenvalue weighted by atomic mass is 35.5. The molecule has 0 saturated carbocycles. The zero-order chi connectivity index (χ0) is 14.5. The molecule has 0 atom stereocenters. The molecule has 1 amide bonds. The van der Waals surface area contributed by atoms with Gasteiger partial charge in [-0.05, 0) is 42.5 Å². The van der Waals surface area contributed by atoms with Gasteiger partial charge >= 0.3 is 0 Å². The van der Waals surface area contributed by atoms with Gasteiger partial charge in [0.2, 0.25) is 0 Å². The summed E-state index contributed by atoms with van der Waals surface area (Å²) < 4.78 is 5.32. The Hall–Kier alpha value is -1.42. The maximum Gasteiger partial charge on any atom is 0.262 e. The van der Waals surface area contributed by atoms with E-state index in [1.54, 1.807) is 42.5 Å². The van der Waals surface area contributed by atoms with Gasteiger partial charge in [0.05, 0.1) is 0 Å². The number of carbonyl (C=O) groups excluding carboxylic acids is 1. The van der Waals surface area contributed by atoms with E-state index in [1.807, 2.05) is 0 Å². The maximum atomic E-state index is 11.7. The van der Waals surface area contributed by atoms with E-state index in [2.05, 4.69) is 5.32 Å². The van der Waals surface area contributed by atoms with E-state index in [9.17, 15) is 4.79 Å². The van der Waals surface area contributed by atoms with E-state index < -0.39 is 0 Å². The van der Waals surface area contributed by atoms with Gasteiger partial charge in [-0.3, -0.25) is 4.79 Å². The maximum absolute atomic E-state index is 11.7. The van der Waals surface area contributed by atoms with Crippen molar-refractivity contribution < 1.29 is 9.53 Å². The van der Waals surface area contributed by atoms with Gasteiger partial charge in [-0.1, -0.05) is 34.8 Å². The van der Waals surface area contributed by atoms with Gasteiger partial charge in [-0.15, -0.1) is 0 Å². The SMILES string of the molecule is O=C(COc1cc(Cl)cc(Cl)c1)Nc1ccc(Cl)cc1. The monoisotopic (exact) mass is 329 g/mol. The fourth-order valence-corrected chi connectivity index (χ4v) is 2.12. The molecule has 2 aromatic carbocycles. The van der Waals surface area contributed by atoms with Crippen molar-refractivity contribution >= 4 is 46.4 Å². The first-order valence-corrected chi connectivity index (χ1v) is 6.80. The van der Waals surface area contributed by atoms with E-state index in [-0.39, 0.29) is 12.5 Å². The van der Waals surface area contributed by atoms with Crippen molar-refractivity contribution in [1.82, 2.24) is 0 Å². The van der Waals surface area contributed by atoms with Crippen LogP contribution in [0.15, 0.2) is 42.5 Å². The minimum Gasteiger partial charge on any atom is -0.484 e. The van der Waals surface area contributed by atoms with Gasteiger partial charge < -0.3 is 10.1 Å². The second-order valence-corrected chi connectivity index (χ2v) is 5.26. The van der Waals surface area contributed by atoms with Gasteiger partial charge in [-0.2, -0.15) is 0 Å². The summed E-state index contributed by atoms with van der Waals surface area (Å²) in [6, 6.07) is 11.5. The molecule has 1 N–H and O–H groups in total. The van der Waals surface area contributed by atoms with Crippen LogP contribution in [0.1, 0.15) is 0 Å². The normalized spacial score (nSPS) is 10.2. The van der Waals surface area contributed by atoms with Crippen molar-refractivity contribution in [1.29, 1.82) is 0 Å². The van der Waals surface area contributed by atoms with E-state index in [4.69, 9.17) is 39.5 Å². The van der Waals surface area contributed by atoms with Crippen molar-refractivity contribution in [3.8, 4) is 5.75 Å². The van der Waals surface area contributed by atoms with Crippen molar-refractivity contribution in [3.63, 3.8) is 0 Å². The van der Waals surface area contributed by atoms with Gasteiger partial charge in [0.15, 0.2) is 6.61 Å². The third-order valence-electron chi connectivity index (χ3n) is 2.33. The van der Waals surface area contributed by atoms with Gasteiger partial charge in [-0.25, -0.2) is 0 Å². The Morgan fingerprint density at radius 1 is 0.950 bits per heavy atom. The lowest BCUT2D eigenvalue weighted by Gasteiger charge is -2.08. The molecule has 0 saturated heterocycles. The first-order chi connectivity index (χ1) is 9.52. The van der Waals surface area contributed by atoms with E-state index in [1.165, 1.54) is 0 Å². The number of hydrogen-bond donors (Lipinski definition) is 1. The molecule has 0 bridgehead atoms. The number of rotatable bonds is 4. The summed E-state index contributed by atoms with van der Waals surface area (Å²) in [6.45, 7) is -0.140. The molecule has 0 aliphatic carbocycles. The molecule has 20 heavy (non-hydrogen) atoms. The van der Waals surface area contributed by atoms with E-state index >= 15 is 0 Å². The second kappa shape index (κ2) is 6.84. The molecule has 0 unspecified atom stereocenters. The van der Waals surface area contributed by atoms with Crippen LogP contribution in [-0.2, 0) is 4.79 Å².